The zero-order valence-electron chi connectivity index (χ0n) is 14.7. The fourth-order valence-corrected chi connectivity index (χ4v) is 4.30. The summed E-state index contributed by atoms with van der Waals surface area (Å²) < 4.78 is 5.46. The molecule has 136 valence electrons. The highest BCUT2D eigenvalue weighted by molar-refractivity contribution is 14.0. The zero-order chi connectivity index (χ0) is 16.1. The molecule has 5 nitrogen and oxygen atoms in total. The maximum absolute atomic E-state index is 5.46. The molecule has 0 radical (unpaired) electrons. The van der Waals surface area contributed by atoms with Crippen molar-refractivity contribution >= 4 is 41.3 Å². The first kappa shape index (κ1) is 19.9. The van der Waals surface area contributed by atoms with Crippen LogP contribution >= 0.6 is 35.3 Å². The molecular weight excluding hydrogens is 435 g/mol. The molecule has 1 saturated heterocycles. The highest BCUT2D eigenvalue weighted by Crippen LogP contribution is 2.23. The van der Waals surface area contributed by atoms with Crippen LogP contribution in [0.1, 0.15) is 16.9 Å². The maximum Gasteiger partial charge on any atom is 0.193 e. The van der Waals surface area contributed by atoms with Gasteiger partial charge in [0.2, 0.25) is 0 Å². The van der Waals surface area contributed by atoms with E-state index < -0.39 is 0 Å². The predicted molar refractivity (Wildman–Crippen MR) is 112 cm³/mol. The average Bonchev–Trinajstić information content (AvgIpc) is 3.22. The van der Waals surface area contributed by atoms with E-state index in [1.165, 1.54) is 18.5 Å². The monoisotopic (exact) mass is 464 g/mol. The number of fused-ring (bicyclic) bond motifs is 1. The number of guanidine groups is 1. The highest BCUT2D eigenvalue weighted by atomic mass is 127. The summed E-state index contributed by atoms with van der Waals surface area (Å²) in [7, 11) is 3.98. The molecule has 7 heteroatoms. The van der Waals surface area contributed by atoms with E-state index in [1.807, 2.05) is 18.4 Å². The second-order valence-corrected chi connectivity index (χ2v) is 7.48. The Kier molecular flexibility index (Phi) is 8.25. The summed E-state index contributed by atoms with van der Waals surface area (Å²) in [6.45, 7) is 7.08. The van der Waals surface area contributed by atoms with E-state index in [9.17, 15) is 0 Å². The molecule has 2 aliphatic heterocycles. The molecule has 0 aromatic carbocycles. The van der Waals surface area contributed by atoms with Gasteiger partial charge in [0.15, 0.2) is 5.96 Å². The molecule has 1 fully saturated rings. The molecule has 0 spiro atoms. The fraction of sp³-hybridized carbons (Fsp3) is 0.706. The average molecular weight is 464 g/mol. The SMILES string of the molecule is CN=C(NCCN1CCc2sccc2C1)N(C)CC1CCOC1.I. The lowest BCUT2D eigenvalue weighted by Gasteiger charge is -2.28. The smallest absolute Gasteiger partial charge is 0.193 e. The highest BCUT2D eigenvalue weighted by Gasteiger charge is 2.20. The van der Waals surface area contributed by atoms with Crippen LogP contribution in [0.4, 0.5) is 0 Å². The number of hydrogen-bond donors (Lipinski definition) is 1. The number of hydrogen-bond acceptors (Lipinski definition) is 4. The van der Waals surface area contributed by atoms with Gasteiger partial charge in [-0.05, 0) is 29.9 Å². The molecule has 24 heavy (non-hydrogen) atoms. The van der Waals surface area contributed by atoms with Crippen molar-refractivity contribution in [2.75, 3.05) is 53.5 Å². The van der Waals surface area contributed by atoms with Gasteiger partial charge in [0.05, 0.1) is 6.61 Å². The molecule has 2 aliphatic rings. The lowest BCUT2D eigenvalue weighted by Crippen LogP contribution is -2.44. The lowest BCUT2D eigenvalue weighted by molar-refractivity contribution is 0.181. The largest absolute Gasteiger partial charge is 0.381 e. The van der Waals surface area contributed by atoms with Crippen LogP contribution in [0.15, 0.2) is 16.4 Å². The molecule has 0 amide bonds. The van der Waals surface area contributed by atoms with Gasteiger partial charge in [-0.15, -0.1) is 35.3 Å². The Labute approximate surface area is 166 Å². The zero-order valence-corrected chi connectivity index (χ0v) is 17.8. The number of ether oxygens (including phenoxy) is 1. The van der Waals surface area contributed by atoms with Crippen molar-refractivity contribution in [2.24, 2.45) is 10.9 Å². The third-order valence-electron chi connectivity index (χ3n) is 4.73. The molecule has 3 rings (SSSR count). The normalized spacial score (nSPS) is 21.2. The Balaban J connectivity index is 0.00000208. The number of rotatable bonds is 5. The van der Waals surface area contributed by atoms with Crippen LogP contribution in [0.5, 0.6) is 0 Å². The van der Waals surface area contributed by atoms with Crippen molar-refractivity contribution in [3.63, 3.8) is 0 Å². The van der Waals surface area contributed by atoms with Crippen LogP contribution in [-0.4, -0.2) is 69.2 Å². The van der Waals surface area contributed by atoms with Gasteiger partial charge in [-0.1, -0.05) is 0 Å². The van der Waals surface area contributed by atoms with Crippen LogP contribution < -0.4 is 5.32 Å². The van der Waals surface area contributed by atoms with Gasteiger partial charge in [-0.2, -0.15) is 0 Å². The van der Waals surface area contributed by atoms with Crippen LogP contribution in [0.2, 0.25) is 0 Å². The molecule has 0 aliphatic carbocycles. The molecule has 3 heterocycles. The summed E-state index contributed by atoms with van der Waals surface area (Å²) in [5.41, 5.74) is 1.52. The van der Waals surface area contributed by atoms with Gasteiger partial charge in [-0.3, -0.25) is 9.89 Å². The third-order valence-corrected chi connectivity index (χ3v) is 5.75. The summed E-state index contributed by atoms with van der Waals surface area (Å²) in [6, 6.07) is 2.27. The second kappa shape index (κ2) is 9.94. The first-order valence-corrected chi connectivity index (χ1v) is 9.41. The number of halogens is 1. The third kappa shape index (κ3) is 5.31. The van der Waals surface area contributed by atoms with Crippen LogP contribution in [0.3, 0.4) is 0 Å². The minimum absolute atomic E-state index is 0. The number of nitrogens with one attached hydrogen (secondary N) is 1. The van der Waals surface area contributed by atoms with E-state index in [2.05, 4.69) is 38.6 Å². The molecule has 0 bridgehead atoms. The summed E-state index contributed by atoms with van der Waals surface area (Å²) in [5.74, 6) is 1.63. The number of aliphatic imine (C=N–C) groups is 1. The van der Waals surface area contributed by atoms with Crippen molar-refractivity contribution in [3.05, 3.63) is 21.9 Å². The Bertz CT molecular complexity index is 530. The van der Waals surface area contributed by atoms with E-state index in [1.54, 1.807) is 4.88 Å². The van der Waals surface area contributed by atoms with Gasteiger partial charge in [0, 0.05) is 64.2 Å². The fourth-order valence-electron chi connectivity index (χ4n) is 3.41. The van der Waals surface area contributed by atoms with Gasteiger partial charge in [-0.25, -0.2) is 0 Å². The first-order valence-electron chi connectivity index (χ1n) is 8.53. The summed E-state index contributed by atoms with van der Waals surface area (Å²) in [5, 5.41) is 5.72. The lowest BCUT2D eigenvalue weighted by atomic mass is 10.1. The molecule has 1 N–H and O–H groups in total. The van der Waals surface area contributed by atoms with Crippen molar-refractivity contribution in [3.8, 4) is 0 Å². The van der Waals surface area contributed by atoms with E-state index in [0.717, 1.165) is 51.8 Å². The summed E-state index contributed by atoms with van der Waals surface area (Å²) >= 11 is 1.90. The minimum Gasteiger partial charge on any atom is -0.381 e. The Morgan fingerprint density at radius 3 is 3.17 bits per heavy atom. The predicted octanol–water partition coefficient (Wildman–Crippen LogP) is 2.27. The summed E-state index contributed by atoms with van der Waals surface area (Å²) in [4.78, 5) is 10.7. The van der Waals surface area contributed by atoms with Gasteiger partial charge in [0.25, 0.3) is 0 Å². The van der Waals surface area contributed by atoms with Gasteiger partial charge in [0.1, 0.15) is 0 Å². The quantitative estimate of drug-likeness (QED) is 0.413. The van der Waals surface area contributed by atoms with Gasteiger partial charge >= 0.3 is 0 Å². The van der Waals surface area contributed by atoms with Crippen LogP contribution in [0.25, 0.3) is 0 Å². The van der Waals surface area contributed by atoms with E-state index in [0.29, 0.717) is 5.92 Å². The molecule has 0 saturated carbocycles. The summed E-state index contributed by atoms with van der Waals surface area (Å²) in [6.07, 6.45) is 2.36. The Morgan fingerprint density at radius 2 is 2.42 bits per heavy atom. The number of thiophene rings is 1. The van der Waals surface area contributed by atoms with E-state index in [-0.39, 0.29) is 24.0 Å². The van der Waals surface area contributed by atoms with Crippen LogP contribution in [0, 0.1) is 5.92 Å². The van der Waals surface area contributed by atoms with E-state index >= 15 is 0 Å². The standard InChI is InChI=1S/C17H28N4OS.HI/c1-18-17(20(2)11-14-4-9-22-13-14)19-6-8-21-7-3-16-15(12-21)5-10-23-16;/h5,10,14H,3-4,6-9,11-13H2,1-2H3,(H,18,19);1H. The van der Waals surface area contributed by atoms with Crippen LogP contribution in [-0.2, 0) is 17.7 Å². The molecule has 1 unspecified atom stereocenters. The van der Waals surface area contributed by atoms with Crippen molar-refractivity contribution in [1.82, 2.24) is 15.1 Å². The minimum atomic E-state index is 0. The molecule has 1 atom stereocenters. The van der Waals surface area contributed by atoms with Gasteiger partial charge < -0.3 is 15.0 Å². The number of nitrogens with zero attached hydrogens (tertiary/aromatic N) is 3. The molecular formula is C17H29IN4OS. The maximum atomic E-state index is 5.46. The van der Waals surface area contributed by atoms with Crippen molar-refractivity contribution in [1.29, 1.82) is 0 Å². The Morgan fingerprint density at radius 1 is 1.54 bits per heavy atom. The first-order chi connectivity index (χ1) is 11.3. The van der Waals surface area contributed by atoms with Crippen molar-refractivity contribution < 1.29 is 4.74 Å². The second-order valence-electron chi connectivity index (χ2n) is 6.48. The Hall–Kier alpha value is -0.380. The van der Waals surface area contributed by atoms with E-state index in [4.69, 9.17) is 4.74 Å². The molecule has 1 aromatic heterocycles. The topological polar surface area (TPSA) is 40.1 Å². The van der Waals surface area contributed by atoms with Crippen molar-refractivity contribution in [2.45, 2.75) is 19.4 Å². The molecule has 1 aromatic rings.